The van der Waals surface area contributed by atoms with Gasteiger partial charge in [0.15, 0.2) is 4.87 Å². The maximum atomic E-state index is 2.42. The summed E-state index contributed by atoms with van der Waals surface area (Å²) in [6.07, 6.45) is 2.72. The highest BCUT2D eigenvalue weighted by molar-refractivity contribution is 8.01. The molecule has 1 fully saturated rings. The molecule has 3 rings (SSSR count). The van der Waals surface area contributed by atoms with Crippen molar-refractivity contribution in [2.45, 2.75) is 29.5 Å². The van der Waals surface area contributed by atoms with Gasteiger partial charge in [-0.25, -0.2) is 0 Å². The zero-order valence-corrected chi connectivity index (χ0v) is 9.60. The predicted molar refractivity (Wildman–Crippen MR) is 62.5 cm³/mol. The van der Waals surface area contributed by atoms with Gasteiger partial charge in [0.1, 0.15) is 5.69 Å². The summed E-state index contributed by atoms with van der Waals surface area (Å²) in [4.78, 5) is 1.90. The number of benzene rings is 1. The summed E-state index contributed by atoms with van der Waals surface area (Å²) in [7, 11) is 2.39. The van der Waals surface area contributed by atoms with Gasteiger partial charge in [-0.05, 0) is 6.07 Å². The van der Waals surface area contributed by atoms with Crippen LogP contribution < -0.4 is 4.48 Å². The summed E-state index contributed by atoms with van der Waals surface area (Å²) in [5.41, 5.74) is 1.54. The lowest BCUT2D eigenvalue weighted by molar-refractivity contribution is 0.300. The maximum absolute atomic E-state index is 2.42. The van der Waals surface area contributed by atoms with Crippen molar-refractivity contribution in [2.24, 2.45) is 0 Å². The Balaban J connectivity index is 2.22. The molecule has 2 heterocycles. The van der Waals surface area contributed by atoms with Gasteiger partial charge in [-0.1, -0.05) is 23.9 Å². The van der Waals surface area contributed by atoms with Crippen molar-refractivity contribution in [3.05, 3.63) is 24.3 Å². The zero-order chi connectivity index (χ0) is 9.81. The monoisotopic (exact) mass is 206 g/mol. The third-order valence-electron chi connectivity index (χ3n) is 4.02. The van der Waals surface area contributed by atoms with Crippen LogP contribution in [0.3, 0.4) is 0 Å². The van der Waals surface area contributed by atoms with Crippen LogP contribution in [0.1, 0.15) is 19.8 Å². The first-order chi connectivity index (χ1) is 6.66. The Morgan fingerprint density at radius 1 is 1.36 bits per heavy atom. The van der Waals surface area contributed by atoms with E-state index >= 15 is 0 Å². The Kier molecular flexibility index (Phi) is 1.61. The van der Waals surface area contributed by atoms with Crippen molar-refractivity contribution in [3.8, 4) is 0 Å². The lowest BCUT2D eigenvalue weighted by Crippen LogP contribution is -2.52. The molecule has 0 aromatic heterocycles. The molecule has 1 saturated heterocycles. The number of rotatable bonds is 0. The average molecular weight is 206 g/mol. The number of para-hydroxylation sites is 1. The van der Waals surface area contributed by atoms with E-state index in [1.807, 2.05) is 0 Å². The van der Waals surface area contributed by atoms with Gasteiger partial charge >= 0.3 is 0 Å². The highest BCUT2D eigenvalue weighted by atomic mass is 32.2. The molecule has 0 N–H and O–H groups in total. The fourth-order valence-corrected chi connectivity index (χ4v) is 4.55. The summed E-state index contributed by atoms with van der Waals surface area (Å²) in [5.74, 6) is 0. The Labute approximate surface area is 89.7 Å². The number of quaternary nitrogens is 1. The van der Waals surface area contributed by atoms with Crippen LogP contribution in [0.5, 0.6) is 0 Å². The highest BCUT2D eigenvalue weighted by Crippen LogP contribution is 2.58. The van der Waals surface area contributed by atoms with Gasteiger partial charge in [-0.2, -0.15) is 0 Å². The van der Waals surface area contributed by atoms with E-state index in [4.69, 9.17) is 0 Å². The fourth-order valence-electron chi connectivity index (χ4n) is 2.92. The van der Waals surface area contributed by atoms with Crippen molar-refractivity contribution in [3.63, 3.8) is 0 Å². The van der Waals surface area contributed by atoms with E-state index in [9.17, 15) is 0 Å². The van der Waals surface area contributed by atoms with Gasteiger partial charge in [-0.15, -0.1) is 0 Å². The van der Waals surface area contributed by atoms with Crippen LogP contribution in [0.25, 0.3) is 0 Å². The molecule has 0 saturated carbocycles. The Morgan fingerprint density at radius 3 is 3.00 bits per heavy atom. The van der Waals surface area contributed by atoms with Crippen LogP contribution in [0.4, 0.5) is 5.69 Å². The van der Waals surface area contributed by atoms with Gasteiger partial charge < -0.3 is 0 Å². The van der Waals surface area contributed by atoms with E-state index < -0.39 is 0 Å². The first-order valence-corrected chi connectivity index (χ1v) is 6.12. The molecule has 1 aromatic rings. The molecule has 74 valence electrons. The van der Waals surface area contributed by atoms with Crippen molar-refractivity contribution >= 4 is 17.4 Å². The van der Waals surface area contributed by atoms with E-state index in [-0.39, 0.29) is 0 Å². The van der Waals surface area contributed by atoms with Gasteiger partial charge in [-0.3, -0.25) is 4.48 Å². The molecule has 0 bridgehead atoms. The molecule has 14 heavy (non-hydrogen) atoms. The SMILES string of the molecule is CC12CCC[N+]1(C)c1ccccc1S2. The van der Waals surface area contributed by atoms with Crippen LogP contribution >= 0.6 is 11.8 Å². The molecule has 1 nitrogen and oxygen atoms in total. The molecule has 2 heteroatoms. The van der Waals surface area contributed by atoms with Crippen molar-refractivity contribution in [1.29, 1.82) is 0 Å². The summed E-state index contributed by atoms with van der Waals surface area (Å²) < 4.78 is 1.15. The highest BCUT2D eigenvalue weighted by Gasteiger charge is 2.56. The molecule has 0 spiro atoms. The van der Waals surface area contributed by atoms with E-state index in [1.165, 1.54) is 30.0 Å². The first-order valence-electron chi connectivity index (χ1n) is 5.30. The largest absolute Gasteiger partial charge is 0.279 e. The normalized spacial score (nSPS) is 39.6. The lowest BCUT2D eigenvalue weighted by atomic mass is 10.2. The Morgan fingerprint density at radius 2 is 2.14 bits per heavy atom. The van der Waals surface area contributed by atoms with Crippen LogP contribution in [-0.4, -0.2) is 18.5 Å². The second-order valence-electron chi connectivity index (χ2n) is 4.76. The van der Waals surface area contributed by atoms with Crippen molar-refractivity contribution in [1.82, 2.24) is 4.48 Å². The van der Waals surface area contributed by atoms with Crippen LogP contribution in [0.2, 0.25) is 0 Å². The van der Waals surface area contributed by atoms with Crippen LogP contribution in [-0.2, 0) is 0 Å². The van der Waals surface area contributed by atoms with Crippen LogP contribution in [0, 0.1) is 0 Å². The average Bonchev–Trinajstić information content (AvgIpc) is 2.54. The number of hydrogen-bond donors (Lipinski definition) is 0. The number of hydrogen-bond acceptors (Lipinski definition) is 1. The van der Waals surface area contributed by atoms with Gasteiger partial charge in [0, 0.05) is 25.8 Å². The third kappa shape index (κ3) is 0.861. The summed E-state index contributed by atoms with van der Waals surface area (Å²) in [6, 6.07) is 8.91. The topological polar surface area (TPSA) is 0 Å². The fraction of sp³-hybridized carbons (Fsp3) is 0.500. The molecule has 2 aliphatic rings. The maximum Gasteiger partial charge on any atom is 0.152 e. The minimum atomic E-state index is 0.406. The van der Waals surface area contributed by atoms with E-state index in [1.54, 1.807) is 0 Å². The Hall–Kier alpha value is -0.470. The summed E-state index contributed by atoms with van der Waals surface area (Å²) >= 11 is 2.08. The lowest BCUT2D eigenvalue weighted by Gasteiger charge is -2.36. The smallest absolute Gasteiger partial charge is 0.152 e. The molecule has 2 atom stereocenters. The second-order valence-corrected chi connectivity index (χ2v) is 6.29. The molecule has 0 aliphatic carbocycles. The summed E-state index contributed by atoms with van der Waals surface area (Å²) in [6.45, 7) is 3.73. The first kappa shape index (κ1) is 8.81. The van der Waals surface area contributed by atoms with Crippen molar-refractivity contribution < 1.29 is 0 Å². The van der Waals surface area contributed by atoms with Crippen LogP contribution in [0.15, 0.2) is 29.2 Å². The summed E-state index contributed by atoms with van der Waals surface area (Å²) in [5, 5.41) is 0. The third-order valence-corrected chi connectivity index (χ3v) is 5.63. The van der Waals surface area contributed by atoms with E-state index in [0.717, 1.165) is 4.48 Å². The van der Waals surface area contributed by atoms with Gasteiger partial charge in [0.05, 0.1) is 18.5 Å². The predicted octanol–water partition coefficient (Wildman–Crippen LogP) is 3.24. The van der Waals surface area contributed by atoms with E-state index in [2.05, 4.69) is 50.0 Å². The standard InChI is InChI=1S/C12H16NS/c1-12-8-5-9-13(12,2)10-6-3-4-7-11(10)14-12/h3-4,6-7H,5,8-9H2,1-2H3/q+1. The Bertz CT molecular complexity index is 390. The molecular formula is C12H16NS+. The molecule has 2 aliphatic heterocycles. The minimum absolute atomic E-state index is 0.406. The molecule has 0 amide bonds. The van der Waals surface area contributed by atoms with Gasteiger partial charge in [0.25, 0.3) is 0 Å². The van der Waals surface area contributed by atoms with Crippen molar-refractivity contribution in [2.75, 3.05) is 13.6 Å². The molecular weight excluding hydrogens is 190 g/mol. The number of nitrogens with zero attached hydrogens (tertiary/aromatic N) is 1. The van der Waals surface area contributed by atoms with Gasteiger partial charge in [0.2, 0.25) is 0 Å². The minimum Gasteiger partial charge on any atom is -0.279 e. The second kappa shape index (κ2) is 2.56. The molecule has 1 aromatic carbocycles. The van der Waals surface area contributed by atoms with E-state index in [0.29, 0.717) is 4.87 Å². The molecule has 0 radical (unpaired) electrons. The number of fused-ring (bicyclic) bond motifs is 3. The molecule has 2 unspecified atom stereocenters. The number of thioether (sulfide) groups is 1. The quantitative estimate of drug-likeness (QED) is 0.587. The zero-order valence-electron chi connectivity index (χ0n) is 8.79.